The van der Waals surface area contributed by atoms with Gasteiger partial charge in [-0.1, -0.05) is 0 Å². The summed E-state index contributed by atoms with van der Waals surface area (Å²) in [6.45, 7) is 2.15. The van der Waals surface area contributed by atoms with Gasteiger partial charge in [0.2, 0.25) is 0 Å². The highest BCUT2D eigenvalue weighted by atomic mass is 16.5. The van der Waals surface area contributed by atoms with Crippen LogP contribution in [0, 0.1) is 0 Å². The largest absolute Gasteiger partial charge is 0.384 e. The van der Waals surface area contributed by atoms with Gasteiger partial charge in [-0.25, -0.2) is 9.97 Å². The summed E-state index contributed by atoms with van der Waals surface area (Å²) in [5, 5.41) is 0. The SMILES string of the molecule is COCCOCCc1nc(N)cc(COC)n1. The molecule has 0 saturated heterocycles. The quantitative estimate of drug-likeness (QED) is 0.664. The van der Waals surface area contributed by atoms with Crippen molar-refractivity contribution >= 4 is 5.82 Å². The number of rotatable bonds is 8. The number of methoxy groups -OCH3 is 2. The predicted molar refractivity (Wildman–Crippen MR) is 63.6 cm³/mol. The Morgan fingerprint density at radius 1 is 1.12 bits per heavy atom. The first-order valence-corrected chi connectivity index (χ1v) is 5.44. The highest BCUT2D eigenvalue weighted by Gasteiger charge is 2.02. The number of ether oxygens (including phenoxy) is 3. The van der Waals surface area contributed by atoms with Gasteiger partial charge in [-0.2, -0.15) is 0 Å². The lowest BCUT2D eigenvalue weighted by molar-refractivity contribution is 0.0716. The molecule has 0 aliphatic carbocycles. The van der Waals surface area contributed by atoms with Crippen molar-refractivity contribution in [2.75, 3.05) is 39.8 Å². The van der Waals surface area contributed by atoms with Gasteiger partial charge in [0.15, 0.2) is 0 Å². The van der Waals surface area contributed by atoms with E-state index in [1.54, 1.807) is 20.3 Å². The fourth-order valence-electron chi connectivity index (χ4n) is 1.32. The zero-order valence-corrected chi connectivity index (χ0v) is 10.3. The fraction of sp³-hybridized carbons (Fsp3) is 0.636. The van der Waals surface area contributed by atoms with Crippen LogP contribution in [0.25, 0.3) is 0 Å². The average Bonchev–Trinajstić information content (AvgIpc) is 2.28. The molecule has 0 bridgehead atoms. The molecule has 1 rings (SSSR count). The minimum Gasteiger partial charge on any atom is -0.384 e. The third-order valence-corrected chi connectivity index (χ3v) is 2.04. The van der Waals surface area contributed by atoms with Crippen LogP contribution in [0.1, 0.15) is 11.5 Å². The van der Waals surface area contributed by atoms with Crippen molar-refractivity contribution in [3.05, 3.63) is 17.6 Å². The Bertz CT molecular complexity index is 334. The van der Waals surface area contributed by atoms with Gasteiger partial charge in [-0.05, 0) is 0 Å². The molecule has 6 heteroatoms. The smallest absolute Gasteiger partial charge is 0.133 e. The van der Waals surface area contributed by atoms with E-state index in [2.05, 4.69) is 9.97 Å². The predicted octanol–water partition coefficient (Wildman–Crippen LogP) is 0.411. The molecule has 2 N–H and O–H groups in total. The van der Waals surface area contributed by atoms with Crippen molar-refractivity contribution in [2.45, 2.75) is 13.0 Å². The Kier molecular flexibility index (Phi) is 6.46. The van der Waals surface area contributed by atoms with Crippen LogP contribution in [-0.4, -0.2) is 44.0 Å². The highest BCUT2D eigenvalue weighted by molar-refractivity contribution is 5.29. The summed E-state index contributed by atoms with van der Waals surface area (Å²) in [5.74, 6) is 1.13. The molecule has 0 fully saturated rings. The van der Waals surface area contributed by atoms with Crippen LogP contribution < -0.4 is 5.73 Å². The van der Waals surface area contributed by atoms with E-state index in [1.807, 2.05) is 0 Å². The second-order valence-corrected chi connectivity index (χ2v) is 3.49. The second-order valence-electron chi connectivity index (χ2n) is 3.49. The van der Waals surface area contributed by atoms with E-state index >= 15 is 0 Å². The number of nitrogens with zero attached hydrogens (tertiary/aromatic N) is 2. The summed E-state index contributed by atoms with van der Waals surface area (Å²) in [5.41, 5.74) is 6.46. The number of hydrogen-bond acceptors (Lipinski definition) is 6. The number of anilines is 1. The van der Waals surface area contributed by atoms with Crippen molar-refractivity contribution in [3.8, 4) is 0 Å². The molecule has 0 unspecified atom stereocenters. The lowest BCUT2D eigenvalue weighted by atomic mass is 10.3. The monoisotopic (exact) mass is 241 g/mol. The Labute approximate surface area is 101 Å². The summed E-state index contributed by atoms with van der Waals surface area (Å²) < 4.78 is 15.2. The van der Waals surface area contributed by atoms with E-state index in [1.165, 1.54) is 0 Å². The molecule has 1 aromatic rings. The Balaban J connectivity index is 2.41. The van der Waals surface area contributed by atoms with Gasteiger partial charge in [0, 0.05) is 26.7 Å². The van der Waals surface area contributed by atoms with Crippen molar-refractivity contribution in [1.29, 1.82) is 0 Å². The van der Waals surface area contributed by atoms with Gasteiger partial charge in [0.25, 0.3) is 0 Å². The molecule has 96 valence electrons. The van der Waals surface area contributed by atoms with Crippen LogP contribution in [-0.2, 0) is 27.2 Å². The zero-order valence-electron chi connectivity index (χ0n) is 10.3. The molecule has 0 aromatic carbocycles. The Hall–Kier alpha value is -1.24. The summed E-state index contributed by atoms with van der Waals surface area (Å²) in [6, 6.07) is 1.71. The normalized spacial score (nSPS) is 10.7. The summed E-state index contributed by atoms with van der Waals surface area (Å²) in [7, 11) is 3.26. The van der Waals surface area contributed by atoms with E-state index in [0.717, 1.165) is 5.69 Å². The first-order valence-electron chi connectivity index (χ1n) is 5.44. The zero-order chi connectivity index (χ0) is 12.5. The number of hydrogen-bond donors (Lipinski definition) is 1. The van der Waals surface area contributed by atoms with Gasteiger partial charge in [0.1, 0.15) is 11.6 Å². The standard InChI is InChI=1S/C11H19N3O3/c1-15-5-6-17-4-3-11-13-9(8-16-2)7-10(12)14-11/h7H,3-6,8H2,1-2H3,(H2,12,13,14). The molecule has 1 aromatic heterocycles. The molecule has 0 aliphatic heterocycles. The summed E-state index contributed by atoms with van der Waals surface area (Å²) in [6.07, 6.45) is 0.630. The minimum absolute atomic E-state index is 0.435. The van der Waals surface area contributed by atoms with Crippen LogP contribution >= 0.6 is 0 Å². The van der Waals surface area contributed by atoms with Gasteiger partial charge in [-0.15, -0.1) is 0 Å². The Morgan fingerprint density at radius 3 is 2.65 bits per heavy atom. The molecular weight excluding hydrogens is 222 g/mol. The molecule has 0 radical (unpaired) electrons. The molecule has 0 aliphatic rings. The van der Waals surface area contributed by atoms with Gasteiger partial charge in [0.05, 0.1) is 32.1 Å². The number of nitrogens with two attached hydrogens (primary N) is 1. The number of nitrogen functional groups attached to an aromatic ring is 1. The van der Waals surface area contributed by atoms with Crippen LogP contribution in [0.4, 0.5) is 5.82 Å². The third kappa shape index (κ3) is 5.58. The van der Waals surface area contributed by atoms with Crippen molar-refractivity contribution in [2.24, 2.45) is 0 Å². The first-order chi connectivity index (χ1) is 8.26. The molecule has 1 heterocycles. The van der Waals surface area contributed by atoms with Crippen LogP contribution in [0.5, 0.6) is 0 Å². The molecule has 6 nitrogen and oxygen atoms in total. The van der Waals surface area contributed by atoms with Crippen molar-refractivity contribution < 1.29 is 14.2 Å². The maximum absolute atomic E-state index is 5.67. The maximum Gasteiger partial charge on any atom is 0.133 e. The molecule has 0 atom stereocenters. The first kappa shape index (κ1) is 13.8. The molecule has 0 saturated carbocycles. The second kappa shape index (κ2) is 7.94. The van der Waals surface area contributed by atoms with E-state index in [-0.39, 0.29) is 0 Å². The molecular formula is C11H19N3O3. The van der Waals surface area contributed by atoms with Crippen LogP contribution in [0.2, 0.25) is 0 Å². The van der Waals surface area contributed by atoms with Gasteiger partial charge < -0.3 is 19.9 Å². The highest BCUT2D eigenvalue weighted by Crippen LogP contribution is 2.05. The van der Waals surface area contributed by atoms with Gasteiger partial charge in [-0.3, -0.25) is 0 Å². The van der Waals surface area contributed by atoms with E-state index < -0.39 is 0 Å². The Morgan fingerprint density at radius 2 is 1.94 bits per heavy atom. The average molecular weight is 241 g/mol. The van der Waals surface area contributed by atoms with Crippen molar-refractivity contribution in [1.82, 2.24) is 9.97 Å². The minimum atomic E-state index is 0.435. The fourth-order valence-corrected chi connectivity index (χ4v) is 1.32. The molecule has 0 amide bonds. The van der Waals surface area contributed by atoms with Crippen LogP contribution in [0.3, 0.4) is 0 Å². The third-order valence-electron chi connectivity index (χ3n) is 2.04. The summed E-state index contributed by atoms with van der Waals surface area (Å²) >= 11 is 0. The van der Waals surface area contributed by atoms with E-state index in [0.29, 0.717) is 44.5 Å². The van der Waals surface area contributed by atoms with E-state index in [4.69, 9.17) is 19.9 Å². The number of aromatic nitrogens is 2. The van der Waals surface area contributed by atoms with Crippen molar-refractivity contribution in [3.63, 3.8) is 0 Å². The lowest BCUT2D eigenvalue weighted by Crippen LogP contribution is -2.09. The van der Waals surface area contributed by atoms with Gasteiger partial charge >= 0.3 is 0 Å². The molecule has 17 heavy (non-hydrogen) atoms. The van der Waals surface area contributed by atoms with E-state index in [9.17, 15) is 0 Å². The maximum atomic E-state index is 5.67. The summed E-state index contributed by atoms with van der Waals surface area (Å²) in [4.78, 5) is 8.45. The molecule has 0 spiro atoms. The van der Waals surface area contributed by atoms with Crippen LogP contribution in [0.15, 0.2) is 6.07 Å². The topological polar surface area (TPSA) is 79.5 Å². The lowest BCUT2D eigenvalue weighted by Gasteiger charge is -2.06.